The maximum Gasteiger partial charge on any atom is 0.303 e. The first-order chi connectivity index (χ1) is 29.0. The fourth-order valence-electron chi connectivity index (χ4n) is 6.87. The maximum atomic E-state index is 12.3. The van der Waals surface area contributed by atoms with E-state index in [1.54, 1.807) is 30.5 Å². The van der Waals surface area contributed by atoms with Crippen LogP contribution in [0.25, 0.3) is 16.9 Å². The molecule has 5 atom stereocenters. The van der Waals surface area contributed by atoms with Crippen molar-refractivity contribution < 1.29 is 56.8 Å². The molecule has 0 bridgehead atoms. The number of esters is 4. The van der Waals surface area contributed by atoms with Gasteiger partial charge < -0.3 is 37.6 Å². The second-order valence-electron chi connectivity index (χ2n) is 14.0. The van der Waals surface area contributed by atoms with Crippen molar-refractivity contribution in [1.29, 1.82) is 0 Å². The Kier molecular flexibility index (Phi) is 12.8. The van der Waals surface area contributed by atoms with E-state index in [9.17, 15) is 19.2 Å². The Morgan fingerprint density at radius 3 is 1.98 bits per heavy atom. The number of carbonyl (C=O) groups is 4. The van der Waals surface area contributed by atoms with Gasteiger partial charge in [-0.25, -0.2) is 9.97 Å². The van der Waals surface area contributed by atoms with Gasteiger partial charge in [0.25, 0.3) is 0 Å². The van der Waals surface area contributed by atoms with E-state index in [0.29, 0.717) is 35.8 Å². The summed E-state index contributed by atoms with van der Waals surface area (Å²) < 4.78 is 48.2. The SMILES string of the molecule is CC(=O)OCC1OC(Oc2ccc(COc3c(Cc4ccco4)nc4c(Cc5ccccc5)nc(-c5ccccc5)cn34)cc2)C(OC(C)=O)C(OC(C)=O)C1OC(C)=O. The van der Waals surface area contributed by atoms with Gasteiger partial charge in [0.15, 0.2) is 17.9 Å². The van der Waals surface area contributed by atoms with Crippen LogP contribution in [-0.4, -0.2) is 75.6 Å². The van der Waals surface area contributed by atoms with E-state index in [2.05, 4.69) is 12.1 Å². The number of imidazole rings is 1. The Bertz CT molecular complexity index is 2420. The zero-order valence-electron chi connectivity index (χ0n) is 33.3. The van der Waals surface area contributed by atoms with Gasteiger partial charge >= 0.3 is 23.9 Å². The molecule has 0 saturated carbocycles. The van der Waals surface area contributed by atoms with Gasteiger partial charge in [-0.3, -0.25) is 23.6 Å². The third-order valence-corrected chi connectivity index (χ3v) is 9.40. The van der Waals surface area contributed by atoms with E-state index in [4.69, 9.17) is 47.5 Å². The molecule has 1 fully saturated rings. The molecule has 0 radical (unpaired) electrons. The van der Waals surface area contributed by atoms with E-state index in [0.717, 1.165) is 48.8 Å². The molecule has 1 saturated heterocycles. The van der Waals surface area contributed by atoms with Gasteiger partial charge in [-0.2, -0.15) is 0 Å². The van der Waals surface area contributed by atoms with Crippen molar-refractivity contribution in [2.45, 2.75) is 77.8 Å². The van der Waals surface area contributed by atoms with Crippen LogP contribution in [0.1, 0.15) is 56.0 Å². The summed E-state index contributed by atoms with van der Waals surface area (Å²) >= 11 is 0. The highest BCUT2D eigenvalue weighted by atomic mass is 16.7. The van der Waals surface area contributed by atoms with Gasteiger partial charge in [-0.15, -0.1) is 0 Å². The molecule has 0 N–H and O–H groups in total. The fourth-order valence-corrected chi connectivity index (χ4v) is 6.87. The topological polar surface area (TPSA) is 176 Å². The van der Waals surface area contributed by atoms with Gasteiger partial charge in [0.2, 0.25) is 18.3 Å². The number of furan rings is 1. The number of hydrogen-bond acceptors (Lipinski definition) is 14. The summed E-state index contributed by atoms with van der Waals surface area (Å²) in [5.74, 6) is -1.31. The van der Waals surface area contributed by atoms with Crippen molar-refractivity contribution in [3.8, 4) is 22.9 Å². The normalized spacial score (nSPS) is 18.6. The third-order valence-electron chi connectivity index (χ3n) is 9.40. The molecule has 3 aromatic heterocycles. The highest BCUT2D eigenvalue weighted by Crippen LogP contribution is 2.33. The second kappa shape index (κ2) is 18.7. The van der Waals surface area contributed by atoms with Crippen molar-refractivity contribution >= 4 is 29.5 Å². The number of nitrogens with zero attached hydrogens (tertiary/aromatic N) is 3. The summed E-state index contributed by atoms with van der Waals surface area (Å²) in [7, 11) is 0. The minimum atomic E-state index is -1.38. The standard InChI is InChI=1S/C45H43N3O12/c1-27(49)54-26-39-40(56-28(2)50)41(57-29(3)51)42(58-30(4)52)45(60-39)59-34-19-17-32(18-20-34)25-55-44-37(23-35-16-11-21-53-35)47-43-36(22-31-12-7-5-8-13-31)46-38(24-48(43)44)33-14-9-6-10-15-33/h5-21,24,39-42,45H,22-23,25-26H2,1-4H3. The maximum absolute atomic E-state index is 12.3. The zero-order valence-corrected chi connectivity index (χ0v) is 33.3. The van der Waals surface area contributed by atoms with Crippen LogP contribution in [-0.2, 0) is 62.3 Å². The lowest BCUT2D eigenvalue weighted by atomic mass is 9.98. The summed E-state index contributed by atoms with van der Waals surface area (Å²) in [5, 5.41) is 0. The molecule has 3 aromatic carbocycles. The molecule has 0 aliphatic carbocycles. The molecule has 0 amide bonds. The lowest BCUT2D eigenvalue weighted by Crippen LogP contribution is -2.63. The van der Waals surface area contributed by atoms with Crippen LogP contribution in [0.15, 0.2) is 114 Å². The molecular formula is C45H43N3O12. The van der Waals surface area contributed by atoms with Crippen molar-refractivity contribution in [1.82, 2.24) is 14.4 Å². The Hall–Kier alpha value is -7.00. The Morgan fingerprint density at radius 1 is 0.667 bits per heavy atom. The van der Waals surface area contributed by atoms with Gasteiger partial charge in [-0.1, -0.05) is 72.8 Å². The number of aromatic nitrogens is 3. The quantitative estimate of drug-likeness (QED) is 0.0844. The molecule has 7 rings (SSSR count). The molecule has 0 spiro atoms. The molecule has 15 nitrogen and oxygen atoms in total. The third kappa shape index (κ3) is 10.2. The first-order valence-electron chi connectivity index (χ1n) is 19.2. The Balaban J connectivity index is 1.17. The molecule has 5 unspecified atom stereocenters. The van der Waals surface area contributed by atoms with Crippen LogP contribution in [0, 0.1) is 0 Å². The van der Waals surface area contributed by atoms with E-state index < -0.39 is 54.6 Å². The predicted octanol–water partition coefficient (Wildman–Crippen LogP) is 6.21. The lowest BCUT2D eigenvalue weighted by Gasteiger charge is -2.43. The molecule has 60 heavy (non-hydrogen) atoms. The molecule has 310 valence electrons. The second-order valence-corrected chi connectivity index (χ2v) is 14.0. The number of fused-ring (bicyclic) bond motifs is 1. The van der Waals surface area contributed by atoms with Gasteiger partial charge in [0.05, 0.1) is 24.1 Å². The monoisotopic (exact) mass is 817 g/mol. The summed E-state index contributed by atoms with van der Waals surface area (Å²) in [4.78, 5) is 58.5. The molecule has 1 aliphatic rings. The van der Waals surface area contributed by atoms with E-state index in [1.807, 2.05) is 71.3 Å². The van der Waals surface area contributed by atoms with Gasteiger partial charge in [0.1, 0.15) is 36.5 Å². The van der Waals surface area contributed by atoms with Gasteiger partial charge in [-0.05, 0) is 35.4 Å². The number of rotatable bonds is 15. The Morgan fingerprint density at radius 2 is 1.33 bits per heavy atom. The number of carbonyl (C=O) groups excluding carboxylic acids is 4. The minimum absolute atomic E-state index is 0.134. The Labute approximate surface area is 345 Å². The highest BCUT2D eigenvalue weighted by Gasteiger charge is 2.53. The summed E-state index contributed by atoms with van der Waals surface area (Å²) in [6, 6.07) is 30.6. The van der Waals surface area contributed by atoms with Gasteiger partial charge in [0, 0.05) is 45.9 Å². The van der Waals surface area contributed by atoms with Crippen molar-refractivity contribution in [2.75, 3.05) is 6.61 Å². The first-order valence-corrected chi connectivity index (χ1v) is 19.2. The summed E-state index contributed by atoms with van der Waals surface area (Å²) in [5.41, 5.74) is 5.64. The average Bonchev–Trinajstić information content (AvgIpc) is 3.87. The molecule has 4 heterocycles. The predicted molar refractivity (Wildman–Crippen MR) is 213 cm³/mol. The average molecular weight is 818 g/mol. The molecular weight excluding hydrogens is 775 g/mol. The molecule has 15 heteroatoms. The van der Waals surface area contributed by atoms with Crippen molar-refractivity contribution in [3.05, 3.63) is 138 Å². The number of benzene rings is 3. The smallest absolute Gasteiger partial charge is 0.303 e. The van der Waals surface area contributed by atoms with E-state index >= 15 is 0 Å². The van der Waals surface area contributed by atoms with Crippen LogP contribution in [0.5, 0.6) is 11.6 Å². The zero-order chi connectivity index (χ0) is 42.2. The van der Waals surface area contributed by atoms with Crippen LogP contribution in [0.2, 0.25) is 0 Å². The van der Waals surface area contributed by atoms with Crippen LogP contribution >= 0.6 is 0 Å². The fraction of sp³-hybridized carbons (Fsp3) is 0.289. The van der Waals surface area contributed by atoms with Crippen molar-refractivity contribution in [3.63, 3.8) is 0 Å². The van der Waals surface area contributed by atoms with Crippen molar-refractivity contribution in [2.24, 2.45) is 0 Å². The minimum Gasteiger partial charge on any atom is -0.472 e. The largest absolute Gasteiger partial charge is 0.472 e. The van der Waals surface area contributed by atoms with E-state index in [1.165, 1.54) is 6.92 Å². The summed E-state index contributed by atoms with van der Waals surface area (Å²) in [6.07, 6.45) is -2.12. The first kappa shape index (κ1) is 41.2. The molecule has 6 aromatic rings. The van der Waals surface area contributed by atoms with Crippen LogP contribution < -0.4 is 9.47 Å². The highest BCUT2D eigenvalue weighted by molar-refractivity contribution is 5.69. The number of hydrogen-bond donors (Lipinski definition) is 0. The number of ether oxygens (including phenoxy) is 7. The summed E-state index contributed by atoms with van der Waals surface area (Å²) in [6.45, 7) is 4.42. The van der Waals surface area contributed by atoms with Crippen LogP contribution in [0.4, 0.5) is 0 Å². The lowest BCUT2D eigenvalue weighted by molar-refractivity contribution is -0.288. The van der Waals surface area contributed by atoms with E-state index in [-0.39, 0.29) is 19.0 Å². The molecule has 1 aliphatic heterocycles. The van der Waals surface area contributed by atoms with Crippen LogP contribution in [0.3, 0.4) is 0 Å².